The molecule has 0 aliphatic heterocycles. The summed E-state index contributed by atoms with van der Waals surface area (Å²) >= 11 is 0. The van der Waals surface area contributed by atoms with Crippen molar-refractivity contribution < 1.29 is 14.3 Å². The quantitative estimate of drug-likeness (QED) is 0.529. The van der Waals surface area contributed by atoms with E-state index < -0.39 is 5.91 Å². The van der Waals surface area contributed by atoms with Gasteiger partial charge in [0, 0.05) is 13.1 Å². The van der Waals surface area contributed by atoms with Crippen LogP contribution in [0.15, 0.2) is 30.9 Å². The monoisotopic (exact) mass is 250 g/mol. The minimum absolute atomic E-state index is 0.162. The minimum Gasteiger partial charge on any atom is -0.493 e. The number of ether oxygens (including phenoxy) is 2. The van der Waals surface area contributed by atoms with Gasteiger partial charge in [0.25, 0.3) is 5.91 Å². The third kappa shape index (κ3) is 4.47. The summed E-state index contributed by atoms with van der Waals surface area (Å²) in [6.45, 7) is 4.91. The summed E-state index contributed by atoms with van der Waals surface area (Å²) in [6.07, 6.45) is 1.79. The Labute approximate surface area is 107 Å². The maximum absolute atomic E-state index is 10.7. The second kappa shape index (κ2) is 7.34. The molecule has 0 heterocycles. The van der Waals surface area contributed by atoms with Crippen LogP contribution in [0.3, 0.4) is 0 Å². The van der Waals surface area contributed by atoms with Gasteiger partial charge in [0.1, 0.15) is 0 Å². The third-order valence-electron chi connectivity index (χ3n) is 2.22. The van der Waals surface area contributed by atoms with Gasteiger partial charge in [0.2, 0.25) is 0 Å². The van der Waals surface area contributed by atoms with Crippen molar-refractivity contribution in [2.24, 2.45) is 5.73 Å². The Morgan fingerprint density at radius 1 is 1.50 bits per heavy atom. The molecule has 5 nitrogen and oxygen atoms in total. The largest absolute Gasteiger partial charge is 0.493 e. The number of hydrogen-bond acceptors (Lipinski definition) is 4. The van der Waals surface area contributed by atoms with Crippen LogP contribution in [0.1, 0.15) is 5.56 Å². The topological polar surface area (TPSA) is 73.6 Å². The predicted molar refractivity (Wildman–Crippen MR) is 69.6 cm³/mol. The van der Waals surface area contributed by atoms with E-state index in [9.17, 15) is 4.79 Å². The SMILES string of the molecule is C=CCNCc1ccc(OCC(N)=O)c(OC)c1. The number of primary amides is 1. The first-order chi connectivity index (χ1) is 8.67. The normalized spacial score (nSPS) is 9.83. The molecule has 0 aromatic heterocycles. The molecule has 0 bridgehead atoms. The van der Waals surface area contributed by atoms with E-state index in [1.807, 2.05) is 12.1 Å². The molecule has 18 heavy (non-hydrogen) atoms. The lowest BCUT2D eigenvalue weighted by molar-refractivity contribution is -0.119. The Kier molecular flexibility index (Phi) is 5.73. The Morgan fingerprint density at radius 3 is 2.89 bits per heavy atom. The van der Waals surface area contributed by atoms with Gasteiger partial charge in [0.15, 0.2) is 18.1 Å². The van der Waals surface area contributed by atoms with Crippen LogP contribution in [-0.2, 0) is 11.3 Å². The molecule has 98 valence electrons. The molecule has 1 aromatic rings. The maximum atomic E-state index is 10.7. The molecule has 0 saturated heterocycles. The van der Waals surface area contributed by atoms with Crippen LogP contribution in [0.25, 0.3) is 0 Å². The van der Waals surface area contributed by atoms with Crippen LogP contribution in [0, 0.1) is 0 Å². The van der Waals surface area contributed by atoms with E-state index in [0.717, 1.165) is 12.1 Å². The van der Waals surface area contributed by atoms with Gasteiger partial charge in [-0.05, 0) is 17.7 Å². The molecule has 1 rings (SSSR count). The van der Waals surface area contributed by atoms with E-state index in [-0.39, 0.29) is 6.61 Å². The Morgan fingerprint density at radius 2 is 2.28 bits per heavy atom. The van der Waals surface area contributed by atoms with Crippen molar-refractivity contribution in [2.75, 3.05) is 20.3 Å². The van der Waals surface area contributed by atoms with Gasteiger partial charge < -0.3 is 20.5 Å². The smallest absolute Gasteiger partial charge is 0.255 e. The molecule has 5 heteroatoms. The summed E-state index contributed by atoms with van der Waals surface area (Å²) in [6, 6.07) is 5.51. The van der Waals surface area contributed by atoms with Crippen molar-refractivity contribution in [1.29, 1.82) is 0 Å². The Hall–Kier alpha value is -2.01. The molecular formula is C13H18N2O3. The molecular weight excluding hydrogens is 232 g/mol. The van der Waals surface area contributed by atoms with E-state index in [4.69, 9.17) is 15.2 Å². The number of hydrogen-bond donors (Lipinski definition) is 2. The number of nitrogens with two attached hydrogens (primary N) is 1. The molecule has 1 aromatic carbocycles. The zero-order valence-corrected chi connectivity index (χ0v) is 10.4. The molecule has 0 aliphatic carbocycles. The number of carbonyl (C=O) groups excluding carboxylic acids is 1. The molecule has 1 amide bonds. The number of benzene rings is 1. The fourth-order valence-electron chi connectivity index (χ4n) is 1.41. The van der Waals surface area contributed by atoms with Crippen LogP contribution in [0.4, 0.5) is 0 Å². The highest BCUT2D eigenvalue weighted by Gasteiger charge is 2.06. The van der Waals surface area contributed by atoms with E-state index in [1.165, 1.54) is 0 Å². The number of rotatable bonds is 8. The average molecular weight is 250 g/mol. The first kappa shape index (κ1) is 14.1. The van der Waals surface area contributed by atoms with Gasteiger partial charge in [-0.2, -0.15) is 0 Å². The summed E-state index contributed by atoms with van der Waals surface area (Å²) in [4.78, 5) is 10.7. The van der Waals surface area contributed by atoms with Gasteiger partial charge in [-0.1, -0.05) is 12.1 Å². The molecule has 0 spiro atoms. The first-order valence-corrected chi connectivity index (χ1v) is 5.57. The van der Waals surface area contributed by atoms with E-state index in [2.05, 4.69) is 11.9 Å². The van der Waals surface area contributed by atoms with Crippen LogP contribution < -0.4 is 20.5 Å². The summed E-state index contributed by atoms with van der Waals surface area (Å²) in [7, 11) is 1.55. The molecule has 0 unspecified atom stereocenters. The average Bonchev–Trinajstić information content (AvgIpc) is 2.37. The molecule has 0 aliphatic rings. The van der Waals surface area contributed by atoms with Gasteiger partial charge in [0.05, 0.1) is 7.11 Å². The standard InChI is InChI=1S/C13H18N2O3/c1-3-6-15-8-10-4-5-11(12(7-10)17-2)18-9-13(14)16/h3-5,7,15H,1,6,8-9H2,2H3,(H2,14,16). The zero-order chi connectivity index (χ0) is 13.4. The predicted octanol–water partition coefficient (Wildman–Crippen LogP) is 0.835. The second-order valence-corrected chi connectivity index (χ2v) is 3.66. The maximum Gasteiger partial charge on any atom is 0.255 e. The van der Waals surface area contributed by atoms with Crippen molar-refractivity contribution in [3.63, 3.8) is 0 Å². The van der Waals surface area contributed by atoms with Crippen molar-refractivity contribution >= 4 is 5.91 Å². The van der Waals surface area contributed by atoms with E-state index in [0.29, 0.717) is 18.0 Å². The van der Waals surface area contributed by atoms with E-state index >= 15 is 0 Å². The number of methoxy groups -OCH3 is 1. The van der Waals surface area contributed by atoms with Crippen LogP contribution in [-0.4, -0.2) is 26.2 Å². The number of nitrogens with one attached hydrogen (secondary N) is 1. The van der Waals surface area contributed by atoms with Crippen molar-refractivity contribution in [3.8, 4) is 11.5 Å². The molecule has 0 saturated carbocycles. The van der Waals surface area contributed by atoms with Crippen molar-refractivity contribution in [2.45, 2.75) is 6.54 Å². The lowest BCUT2D eigenvalue weighted by Gasteiger charge is -2.11. The van der Waals surface area contributed by atoms with Gasteiger partial charge in [-0.25, -0.2) is 0 Å². The first-order valence-electron chi connectivity index (χ1n) is 5.57. The van der Waals surface area contributed by atoms with Gasteiger partial charge >= 0.3 is 0 Å². The number of carbonyl (C=O) groups is 1. The van der Waals surface area contributed by atoms with E-state index in [1.54, 1.807) is 19.3 Å². The molecule has 0 fully saturated rings. The van der Waals surface area contributed by atoms with Crippen molar-refractivity contribution in [1.82, 2.24) is 5.32 Å². The minimum atomic E-state index is -0.520. The fourth-order valence-corrected chi connectivity index (χ4v) is 1.41. The highest BCUT2D eigenvalue weighted by atomic mass is 16.5. The Balaban J connectivity index is 2.69. The number of amides is 1. The third-order valence-corrected chi connectivity index (χ3v) is 2.22. The summed E-state index contributed by atoms with van der Waals surface area (Å²) in [5, 5.41) is 3.18. The molecule has 0 atom stereocenters. The fraction of sp³-hybridized carbons (Fsp3) is 0.308. The lowest BCUT2D eigenvalue weighted by atomic mass is 10.2. The van der Waals surface area contributed by atoms with Gasteiger partial charge in [-0.15, -0.1) is 6.58 Å². The summed E-state index contributed by atoms with van der Waals surface area (Å²) in [5.41, 5.74) is 6.07. The van der Waals surface area contributed by atoms with Crippen LogP contribution >= 0.6 is 0 Å². The van der Waals surface area contributed by atoms with Gasteiger partial charge in [-0.3, -0.25) is 4.79 Å². The lowest BCUT2D eigenvalue weighted by Crippen LogP contribution is -2.20. The zero-order valence-electron chi connectivity index (χ0n) is 10.4. The molecule has 3 N–H and O–H groups in total. The Bertz CT molecular complexity index is 419. The molecule has 0 radical (unpaired) electrons. The van der Waals surface area contributed by atoms with Crippen LogP contribution in [0.5, 0.6) is 11.5 Å². The second-order valence-electron chi connectivity index (χ2n) is 3.66. The summed E-state index contributed by atoms with van der Waals surface area (Å²) < 4.78 is 10.4. The van der Waals surface area contributed by atoms with Crippen molar-refractivity contribution in [3.05, 3.63) is 36.4 Å². The highest BCUT2D eigenvalue weighted by molar-refractivity contribution is 5.75. The highest BCUT2D eigenvalue weighted by Crippen LogP contribution is 2.27. The summed E-state index contributed by atoms with van der Waals surface area (Å²) in [5.74, 6) is 0.562. The van der Waals surface area contributed by atoms with Crippen LogP contribution in [0.2, 0.25) is 0 Å².